The van der Waals surface area contributed by atoms with Crippen molar-refractivity contribution >= 4 is 5.91 Å². The lowest BCUT2D eigenvalue weighted by Crippen LogP contribution is -2.42. The molecule has 1 heterocycles. The molecule has 3 nitrogen and oxygen atoms in total. The molecule has 1 saturated carbocycles. The van der Waals surface area contributed by atoms with Crippen LogP contribution in [0.15, 0.2) is 0 Å². The molecule has 0 unspecified atom stereocenters. The Bertz CT molecular complexity index is 315. The number of likely N-dealkylation sites (tertiary alicyclic amines) is 1. The summed E-state index contributed by atoms with van der Waals surface area (Å²) in [5.74, 6) is 2.09. The smallest absolute Gasteiger partial charge is 0.224 e. The van der Waals surface area contributed by atoms with Crippen molar-refractivity contribution in [1.82, 2.24) is 9.80 Å². The second kappa shape index (κ2) is 8.17. The number of piperidine rings is 1. The van der Waals surface area contributed by atoms with Crippen LogP contribution in [0.4, 0.5) is 0 Å². The zero-order valence-electron chi connectivity index (χ0n) is 14.3. The van der Waals surface area contributed by atoms with Crippen molar-refractivity contribution < 1.29 is 4.79 Å². The summed E-state index contributed by atoms with van der Waals surface area (Å²) >= 11 is 0. The quantitative estimate of drug-likeness (QED) is 0.776. The summed E-state index contributed by atoms with van der Waals surface area (Å²) in [6, 6.07) is 0. The van der Waals surface area contributed by atoms with Crippen LogP contribution < -0.4 is 0 Å². The summed E-state index contributed by atoms with van der Waals surface area (Å²) < 4.78 is 0. The molecule has 0 aromatic carbocycles. The van der Waals surface area contributed by atoms with Gasteiger partial charge in [-0.1, -0.05) is 33.1 Å². The highest BCUT2D eigenvalue weighted by molar-refractivity contribution is 5.77. The molecule has 2 aliphatic rings. The van der Waals surface area contributed by atoms with Gasteiger partial charge in [0, 0.05) is 26.1 Å². The molecular formula is C18H34N2O. The van der Waals surface area contributed by atoms with Gasteiger partial charge in [0.2, 0.25) is 5.91 Å². The van der Waals surface area contributed by atoms with Crippen LogP contribution in [0, 0.1) is 17.8 Å². The van der Waals surface area contributed by atoms with Crippen LogP contribution in [0.3, 0.4) is 0 Å². The summed E-state index contributed by atoms with van der Waals surface area (Å²) in [4.78, 5) is 16.6. The van der Waals surface area contributed by atoms with Gasteiger partial charge in [0.05, 0.1) is 0 Å². The molecule has 1 saturated heterocycles. The Hall–Kier alpha value is -0.570. The molecule has 0 radical (unpaired) electrons. The van der Waals surface area contributed by atoms with Crippen LogP contribution in [0.25, 0.3) is 0 Å². The van der Waals surface area contributed by atoms with Gasteiger partial charge in [-0.25, -0.2) is 0 Å². The first kappa shape index (κ1) is 16.8. The van der Waals surface area contributed by atoms with E-state index < -0.39 is 0 Å². The van der Waals surface area contributed by atoms with Crippen molar-refractivity contribution in [2.75, 3.05) is 33.2 Å². The maximum Gasteiger partial charge on any atom is 0.224 e. The molecule has 2 rings (SSSR count). The van der Waals surface area contributed by atoms with E-state index in [0.29, 0.717) is 11.8 Å². The molecule has 21 heavy (non-hydrogen) atoms. The number of hydrogen-bond acceptors (Lipinski definition) is 2. The first-order valence-corrected chi connectivity index (χ1v) is 9.03. The monoisotopic (exact) mass is 294 g/mol. The van der Waals surface area contributed by atoms with Crippen LogP contribution >= 0.6 is 0 Å². The Morgan fingerprint density at radius 3 is 2.24 bits per heavy atom. The number of nitrogens with zero attached hydrogens (tertiary/aromatic N) is 2. The van der Waals surface area contributed by atoms with Crippen molar-refractivity contribution in [3.8, 4) is 0 Å². The number of rotatable bonds is 5. The molecular weight excluding hydrogens is 260 g/mol. The van der Waals surface area contributed by atoms with Crippen LogP contribution in [-0.2, 0) is 4.79 Å². The largest absolute Gasteiger partial charge is 0.345 e. The third-order valence-electron chi connectivity index (χ3n) is 5.35. The topological polar surface area (TPSA) is 23.6 Å². The van der Waals surface area contributed by atoms with E-state index in [9.17, 15) is 4.79 Å². The van der Waals surface area contributed by atoms with E-state index in [4.69, 9.17) is 0 Å². The molecule has 1 amide bonds. The summed E-state index contributed by atoms with van der Waals surface area (Å²) in [6.07, 6.45) is 9.78. The first-order valence-electron chi connectivity index (χ1n) is 9.03. The molecule has 3 heteroatoms. The molecule has 122 valence electrons. The van der Waals surface area contributed by atoms with Crippen LogP contribution in [0.2, 0.25) is 0 Å². The van der Waals surface area contributed by atoms with Gasteiger partial charge in [0.15, 0.2) is 0 Å². The van der Waals surface area contributed by atoms with Gasteiger partial charge >= 0.3 is 0 Å². The van der Waals surface area contributed by atoms with Gasteiger partial charge in [0.1, 0.15) is 0 Å². The molecule has 0 spiro atoms. The third-order valence-corrected chi connectivity index (χ3v) is 5.35. The molecule has 1 aliphatic carbocycles. The highest BCUT2D eigenvalue weighted by atomic mass is 16.2. The normalized spacial score (nSPS) is 22.7. The molecule has 2 fully saturated rings. The third kappa shape index (κ3) is 5.28. The van der Waals surface area contributed by atoms with E-state index in [1.54, 1.807) is 0 Å². The van der Waals surface area contributed by atoms with Gasteiger partial charge in [0.25, 0.3) is 0 Å². The van der Waals surface area contributed by atoms with Gasteiger partial charge in [-0.2, -0.15) is 0 Å². The van der Waals surface area contributed by atoms with Crippen molar-refractivity contribution in [3.05, 3.63) is 0 Å². The Morgan fingerprint density at radius 1 is 1.05 bits per heavy atom. The minimum absolute atomic E-state index is 0.126. The number of carbonyl (C=O) groups excluding carboxylic acids is 1. The van der Waals surface area contributed by atoms with Gasteiger partial charge in [-0.3, -0.25) is 4.79 Å². The molecule has 0 aromatic rings. The number of amides is 1. The molecule has 0 atom stereocenters. The Balaban J connectivity index is 1.67. The van der Waals surface area contributed by atoms with Crippen LogP contribution in [0.5, 0.6) is 0 Å². The highest BCUT2D eigenvalue weighted by Gasteiger charge is 2.24. The lowest BCUT2D eigenvalue weighted by Gasteiger charge is -2.36. The zero-order chi connectivity index (χ0) is 15.2. The average molecular weight is 294 g/mol. The lowest BCUT2D eigenvalue weighted by atomic mass is 9.88. The molecule has 0 aromatic heterocycles. The fraction of sp³-hybridized carbons (Fsp3) is 0.944. The Kier molecular flexibility index (Phi) is 6.53. The van der Waals surface area contributed by atoms with E-state index in [-0.39, 0.29) is 5.92 Å². The lowest BCUT2D eigenvalue weighted by molar-refractivity contribution is -0.133. The van der Waals surface area contributed by atoms with Crippen molar-refractivity contribution in [1.29, 1.82) is 0 Å². The first-order chi connectivity index (χ1) is 10.1. The van der Waals surface area contributed by atoms with E-state index >= 15 is 0 Å². The fourth-order valence-corrected chi connectivity index (χ4v) is 4.00. The van der Waals surface area contributed by atoms with Crippen LogP contribution in [-0.4, -0.2) is 48.9 Å². The van der Waals surface area contributed by atoms with Crippen molar-refractivity contribution in [3.63, 3.8) is 0 Å². The Labute approximate surface area is 131 Å². The highest BCUT2D eigenvalue weighted by Crippen LogP contribution is 2.26. The predicted molar refractivity (Wildman–Crippen MR) is 88.2 cm³/mol. The fourth-order valence-electron chi connectivity index (χ4n) is 4.00. The minimum Gasteiger partial charge on any atom is -0.345 e. The number of carbonyl (C=O) groups is 1. The second-order valence-electron chi connectivity index (χ2n) is 7.62. The van der Waals surface area contributed by atoms with E-state index in [0.717, 1.165) is 12.5 Å². The minimum atomic E-state index is 0.126. The summed E-state index contributed by atoms with van der Waals surface area (Å²) in [5.41, 5.74) is 0. The maximum absolute atomic E-state index is 12.0. The molecule has 1 aliphatic heterocycles. The van der Waals surface area contributed by atoms with Crippen molar-refractivity contribution in [2.45, 2.75) is 58.8 Å². The standard InChI is InChI=1S/C18H34N2O/c1-15(2)18(21)19(3)13-17-9-11-20(12-10-17)14-16-7-5-4-6-8-16/h15-17H,4-14H2,1-3H3. The van der Waals surface area contributed by atoms with Crippen molar-refractivity contribution in [2.24, 2.45) is 17.8 Å². The summed E-state index contributed by atoms with van der Waals surface area (Å²) in [6.45, 7) is 8.74. The SMILES string of the molecule is CC(C)C(=O)N(C)CC1CCN(CC2CCCCC2)CC1. The predicted octanol–water partition coefficient (Wildman–Crippen LogP) is 3.39. The van der Waals surface area contributed by atoms with E-state index in [1.807, 2.05) is 25.8 Å². The zero-order valence-corrected chi connectivity index (χ0v) is 14.3. The summed E-state index contributed by atoms with van der Waals surface area (Å²) in [7, 11) is 1.97. The van der Waals surface area contributed by atoms with Gasteiger partial charge in [-0.05, 0) is 50.6 Å². The van der Waals surface area contributed by atoms with Gasteiger partial charge < -0.3 is 9.80 Å². The molecule has 0 N–H and O–H groups in total. The Morgan fingerprint density at radius 2 is 1.67 bits per heavy atom. The second-order valence-corrected chi connectivity index (χ2v) is 7.62. The van der Waals surface area contributed by atoms with E-state index in [2.05, 4.69) is 4.90 Å². The molecule has 0 bridgehead atoms. The maximum atomic E-state index is 12.0. The van der Waals surface area contributed by atoms with Gasteiger partial charge in [-0.15, -0.1) is 0 Å². The average Bonchev–Trinajstić information content (AvgIpc) is 2.49. The number of hydrogen-bond donors (Lipinski definition) is 0. The van der Waals surface area contributed by atoms with Crippen LogP contribution in [0.1, 0.15) is 58.8 Å². The van der Waals surface area contributed by atoms with E-state index in [1.165, 1.54) is 64.6 Å². The summed E-state index contributed by atoms with van der Waals surface area (Å²) in [5, 5.41) is 0.